The van der Waals surface area contributed by atoms with Crippen molar-refractivity contribution in [2.75, 3.05) is 0 Å². The van der Waals surface area contributed by atoms with Gasteiger partial charge in [-0.3, -0.25) is 0 Å². The normalized spacial score (nSPS) is 12.0. The first-order valence-electron chi connectivity index (χ1n) is 6.29. The monoisotopic (exact) mass is 249 g/mol. The fourth-order valence-electron chi connectivity index (χ4n) is 1.99. The Morgan fingerprint density at radius 1 is 1.05 bits per heavy atom. The van der Waals surface area contributed by atoms with Crippen LogP contribution in [0, 0.1) is 6.92 Å². The highest BCUT2D eigenvalue weighted by Gasteiger charge is 2.04. The van der Waals surface area contributed by atoms with Gasteiger partial charge in [0, 0.05) is 0 Å². The fourth-order valence-corrected chi connectivity index (χ4v) is 1.99. The summed E-state index contributed by atoms with van der Waals surface area (Å²) in [6, 6.07) is 16.1. The molecule has 0 aliphatic rings. The van der Waals surface area contributed by atoms with E-state index in [2.05, 4.69) is 34.0 Å². The van der Waals surface area contributed by atoms with Crippen molar-refractivity contribution in [2.24, 2.45) is 4.99 Å². The zero-order valence-electron chi connectivity index (χ0n) is 11.0. The summed E-state index contributed by atoms with van der Waals surface area (Å²) < 4.78 is 0. The molecule has 3 aromatic rings. The summed E-state index contributed by atoms with van der Waals surface area (Å²) in [7, 11) is 0. The molecule has 1 heterocycles. The molecule has 0 bridgehead atoms. The molecule has 2 aromatic carbocycles. The number of aliphatic imine (C=N–C) groups is 1. The first-order chi connectivity index (χ1) is 9.22. The van der Waals surface area contributed by atoms with Crippen molar-refractivity contribution < 1.29 is 0 Å². The van der Waals surface area contributed by atoms with Gasteiger partial charge in [-0.15, -0.1) is 0 Å². The number of nitrogens with zero attached hydrogens (tertiary/aromatic N) is 2. The lowest BCUT2D eigenvalue weighted by molar-refractivity contribution is 1.27. The average Bonchev–Trinajstić information content (AvgIpc) is 2.85. The van der Waals surface area contributed by atoms with Gasteiger partial charge in [-0.1, -0.05) is 29.8 Å². The number of aryl methyl sites for hydroxylation is 1. The van der Waals surface area contributed by atoms with Crippen LogP contribution in [0.2, 0.25) is 0 Å². The standard InChI is InChI=1S/C16H15N3/c1-11-7-9-13(10-8-11)17-12(2)16-18-14-5-3-4-6-15(14)19-16/h3-10H,1-2H3,(H,18,19). The van der Waals surface area contributed by atoms with Crippen molar-refractivity contribution >= 4 is 22.4 Å². The highest BCUT2D eigenvalue weighted by Crippen LogP contribution is 2.16. The zero-order valence-corrected chi connectivity index (χ0v) is 11.0. The van der Waals surface area contributed by atoms with Crippen LogP contribution in [0.15, 0.2) is 53.5 Å². The Morgan fingerprint density at radius 2 is 1.79 bits per heavy atom. The van der Waals surface area contributed by atoms with Gasteiger partial charge in [0.2, 0.25) is 0 Å². The molecular formula is C16H15N3. The summed E-state index contributed by atoms with van der Waals surface area (Å²) in [4.78, 5) is 12.4. The molecule has 3 heteroatoms. The van der Waals surface area contributed by atoms with Crippen LogP contribution in [0.3, 0.4) is 0 Å². The Labute approximate surface area is 112 Å². The third-order valence-electron chi connectivity index (χ3n) is 3.06. The average molecular weight is 249 g/mol. The van der Waals surface area contributed by atoms with Gasteiger partial charge in [-0.2, -0.15) is 0 Å². The highest BCUT2D eigenvalue weighted by molar-refractivity contribution is 5.99. The van der Waals surface area contributed by atoms with Gasteiger partial charge < -0.3 is 4.98 Å². The van der Waals surface area contributed by atoms with Crippen LogP contribution in [0.25, 0.3) is 11.0 Å². The van der Waals surface area contributed by atoms with E-state index in [4.69, 9.17) is 0 Å². The van der Waals surface area contributed by atoms with Crippen LogP contribution in [-0.4, -0.2) is 15.7 Å². The number of fused-ring (bicyclic) bond motifs is 1. The number of imidazole rings is 1. The van der Waals surface area contributed by atoms with Crippen molar-refractivity contribution in [3.8, 4) is 0 Å². The van der Waals surface area contributed by atoms with Crippen LogP contribution >= 0.6 is 0 Å². The number of benzene rings is 2. The zero-order chi connectivity index (χ0) is 13.2. The second-order valence-electron chi connectivity index (χ2n) is 4.64. The van der Waals surface area contributed by atoms with Crippen LogP contribution in [-0.2, 0) is 0 Å². The van der Waals surface area contributed by atoms with Crippen LogP contribution < -0.4 is 0 Å². The summed E-state index contributed by atoms with van der Waals surface area (Å²) in [5.74, 6) is 0.821. The molecule has 3 rings (SSSR count). The number of H-pyrrole nitrogens is 1. The number of aromatic nitrogens is 2. The van der Waals surface area contributed by atoms with Gasteiger partial charge in [-0.05, 0) is 38.1 Å². The van der Waals surface area contributed by atoms with Crippen LogP contribution in [0.1, 0.15) is 18.3 Å². The largest absolute Gasteiger partial charge is 0.337 e. The van der Waals surface area contributed by atoms with Crippen molar-refractivity contribution in [2.45, 2.75) is 13.8 Å². The molecule has 19 heavy (non-hydrogen) atoms. The maximum Gasteiger partial charge on any atom is 0.152 e. The highest BCUT2D eigenvalue weighted by atomic mass is 14.9. The molecule has 1 aromatic heterocycles. The Kier molecular flexibility index (Phi) is 2.88. The minimum atomic E-state index is 0.821. The number of para-hydroxylation sites is 2. The van der Waals surface area contributed by atoms with E-state index in [0.29, 0.717) is 0 Å². The summed E-state index contributed by atoms with van der Waals surface area (Å²) in [5, 5.41) is 0. The van der Waals surface area contributed by atoms with E-state index in [9.17, 15) is 0 Å². The molecule has 0 saturated heterocycles. The van der Waals surface area contributed by atoms with Crippen molar-refractivity contribution in [1.29, 1.82) is 0 Å². The minimum absolute atomic E-state index is 0.821. The van der Waals surface area contributed by atoms with Gasteiger partial charge >= 0.3 is 0 Å². The molecule has 0 unspecified atom stereocenters. The van der Waals surface area contributed by atoms with E-state index >= 15 is 0 Å². The maximum absolute atomic E-state index is 4.59. The van der Waals surface area contributed by atoms with Gasteiger partial charge in [0.25, 0.3) is 0 Å². The van der Waals surface area contributed by atoms with E-state index in [1.165, 1.54) is 5.56 Å². The molecule has 0 saturated carbocycles. The topological polar surface area (TPSA) is 41.0 Å². The van der Waals surface area contributed by atoms with E-state index in [1.54, 1.807) is 0 Å². The van der Waals surface area contributed by atoms with Gasteiger partial charge in [0.1, 0.15) is 0 Å². The number of hydrogen-bond donors (Lipinski definition) is 1. The Bertz CT molecular complexity index is 703. The summed E-state index contributed by atoms with van der Waals surface area (Å²) >= 11 is 0. The third kappa shape index (κ3) is 2.40. The number of nitrogens with one attached hydrogen (secondary N) is 1. The van der Waals surface area contributed by atoms with Crippen LogP contribution in [0.4, 0.5) is 5.69 Å². The molecule has 1 N–H and O–H groups in total. The maximum atomic E-state index is 4.59. The molecule has 0 radical (unpaired) electrons. The Morgan fingerprint density at radius 3 is 2.53 bits per heavy atom. The molecule has 0 amide bonds. The Balaban J connectivity index is 1.98. The van der Waals surface area contributed by atoms with Gasteiger partial charge in [0.05, 0.1) is 22.4 Å². The summed E-state index contributed by atoms with van der Waals surface area (Å²) in [6.07, 6.45) is 0. The predicted octanol–water partition coefficient (Wildman–Crippen LogP) is 4.01. The molecule has 0 spiro atoms. The number of rotatable bonds is 2. The second-order valence-corrected chi connectivity index (χ2v) is 4.64. The van der Waals surface area contributed by atoms with E-state index in [-0.39, 0.29) is 0 Å². The van der Waals surface area contributed by atoms with Crippen molar-refractivity contribution in [3.63, 3.8) is 0 Å². The smallest absolute Gasteiger partial charge is 0.152 e. The summed E-state index contributed by atoms with van der Waals surface area (Å²) in [6.45, 7) is 4.04. The molecule has 3 nitrogen and oxygen atoms in total. The van der Waals surface area contributed by atoms with Gasteiger partial charge in [0.15, 0.2) is 5.82 Å². The van der Waals surface area contributed by atoms with E-state index in [0.717, 1.165) is 28.3 Å². The van der Waals surface area contributed by atoms with E-state index < -0.39 is 0 Å². The quantitative estimate of drug-likeness (QED) is 0.685. The lowest BCUT2D eigenvalue weighted by atomic mass is 10.2. The fraction of sp³-hybridized carbons (Fsp3) is 0.125. The van der Waals surface area contributed by atoms with E-state index in [1.807, 2.05) is 43.3 Å². The predicted molar refractivity (Wildman–Crippen MR) is 79.1 cm³/mol. The van der Waals surface area contributed by atoms with Crippen molar-refractivity contribution in [1.82, 2.24) is 9.97 Å². The lowest BCUT2D eigenvalue weighted by Crippen LogP contribution is -1.96. The second kappa shape index (κ2) is 4.69. The number of aromatic amines is 1. The SMILES string of the molecule is CC(=Nc1ccc(C)cc1)c1nc2ccccc2[nH]1. The molecule has 94 valence electrons. The molecule has 0 atom stereocenters. The molecule has 0 fully saturated rings. The minimum Gasteiger partial charge on any atom is -0.337 e. The van der Waals surface area contributed by atoms with Crippen LogP contribution in [0.5, 0.6) is 0 Å². The third-order valence-corrected chi connectivity index (χ3v) is 3.06. The van der Waals surface area contributed by atoms with Gasteiger partial charge in [-0.25, -0.2) is 9.98 Å². The lowest BCUT2D eigenvalue weighted by Gasteiger charge is -1.98. The molecule has 0 aliphatic heterocycles. The first-order valence-corrected chi connectivity index (χ1v) is 6.29. The van der Waals surface area contributed by atoms with Crippen molar-refractivity contribution in [3.05, 3.63) is 59.9 Å². The summed E-state index contributed by atoms with van der Waals surface area (Å²) in [5.41, 5.74) is 5.08. The molecule has 0 aliphatic carbocycles. The molecular weight excluding hydrogens is 234 g/mol. The Hall–Kier alpha value is -2.42. The first kappa shape index (κ1) is 11.7. The number of hydrogen-bond acceptors (Lipinski definition) is 2.